The lowest BCUT2D eigenvalue weighted by atomic mass is 9.33. The summed E-state index contributed by atoms with van der Waals surface area (Å²) < 4.78 is 0. The second-order valence-electron chi connectivity index (χ2n) is 15.3. The smallest absolute Gasteiger partial charge is 0.0608 e. The van der Waals surface area contributed by atoms with Gasteiger partial charge in [-0.3, -0.25) is 0 Å². The fourth-order valence-corrected chi connectivity index (χ4v) is 10.6. The zero-order valence-electron chi connectivity index (χ0n) is 22.2. The highest BCUT2D eigenvalue weighted by molar-refractivity contribution is 5.34. The van der Waals surface area contributed by atoms with Gasteiger partial charge in [-0.2, -0.15) is 0 Å². The van der Waals surface area contributed by atoms with Crippen LogP contribution < -0.4 is 0 Å². The molecule has 0 heterocycles. The largest absolute Gasteiger partial charge is 0.393 e. The Bertz CT molecular complexity index is 825. The fourth-order valence-electron chi connectivity index (χ4n) is 10.6. The predicted octanol–water partition coefficient (Wildman–Crippen LogP) is 7.14. The van der Waals surface area contributed by atoms with Gasteiger partial charge in [-0.1, -0.05) is 67.0 Å². The van der Waals surface area contributed by atoms with Crippen LogP contribution in [0.5, 0.6) is 0 Å². The van der Waals surface area contributed by atoms with Crippen LogP contribution in [0.4, 0.5) is 0 Å². The standard InChI is InChI=1S/C30H50O2/c1-25(2)15-16-27(5)20(17-25)19-9-10-22-28(6)13-12-23(31)26(3,4)21(28)11-14-29(22,7)30(19,8)18-24(27)32/h9,20-24,31-32H,10-18H2,1-8H3/t20-,21-,22?,23-,24-,27-,28-,29+,30+/m0/s1. The third-order valence-electron chi connectivity index (χ3n) is 13.1. The molecule has 2 N–H and O–H groups in total. The Kier molecular flexibility index (Phi) is 4.87. The maximum atomic E-state index is 11.7. The Morgan fingerprint density at radius 2 is 1.41 bits per heavy atom. The van der Waals surface area contributed by atoms with E-state index in [2.05, 4.69) is 61.5 Å². The first kappa shape index (κ1) is 23.4. The van der Waals surface area contributed by atoms with Crippen molar-refractivity contribution in [1.82, 2.24) is 0 Å². The molecule has 0 bridgehead atoms. The minimum Gasteiger partial charge on any atom is -0.393 e. The molecule has 0 amide bonds. The summed E-state index contributed by atoms with van der Waals surface area (Å²) in [5.41, 5.74) is 2.71. The number of fused-ring (bicyclic) bond motifs is 7. The highest BCUT2D eigenvalue weighted by Gasteiger charge is 2.69. The number of aliphatic hydroxyl groups is 2. The molecule has 9 atom stereocenters. The number of hydrogen-bond donors (Lipinski definition) is 2. The molecule has 0 radical (unpaired) electrons. The third-order valence-corrected chi connectivity index (χ3v) is 13.1. The van der Waals surface area contributed by atoms with E-state index in [1.165, 1.54) is 32.1 Å². The molecule has 2 nitrogen and oxygen atoms in total. The summed E-state index contributed by atoms with van der Waals surface area (Å²) in [5.74, 6) is 1.75. The summed E-state index contributed by atoms with van der Waals surface area (Å²) in [5, 5.41) is 22.6. The van der Waals surface area contributed by atoms with E-state index < -0.39 is 0 Å². The summed E-state index contributed by atoms with van der Waals surface area (Å²) in [7, 11) is 0. The van der Waals surface area contributed by atoms with E-state index in [0.29, 0.717) is 23.2 Å². The van der Waals surface area contributed by atoms with Crippen LogP contribution in [0.25, 0.3) is 0 Å². The molecule has 32 heavy (non-hydrogen) atoms. The molecule has 5 rings (SSSR count). The minimum atomic E-state index is -0.198. The average molecular weight is 443 g/mol. The van der Waals surface area contributed by atoms with E-state index in [-0.39, 0.29) is 39.3 Å². The molecule has 0 aromatic heterocycles. The molecular formula is C30H50O2. The predicted molar refractivity (Wildman–Crippen MR) is 132 cm³/mol. The molecule has 0 aromatic carbocycles. The number of aliphatic hydroxyl groups excluding tert-OH is 2. The molecule has 0 spiro atoms. The maximum Gasteiger partial charge on any atom is 0.0608 e. The van der Waals surface area contributed by atoms with Crippen molar-refractivity contribution in [2.45, 2.75) is 125 Å². The number of allylic oxidation sites excluding steroid dienone is 2. The molecule has 5 aliphatic carbocycles. The van der Waals surface area contributed by atoms with Crippen LogP contribution in [0.2, 0.25) is 0 Å². The highest BCUT2D eigenvalue weighted by Crippen LogP contribution is 2.75. The molecule has 5 aliphatic rings. The Hall–Kier alpha value is -0.340. The second-order valence-corrected chi connectivity index (χ2v) is 15.3. The van der Waals surface area contributed by atoms with Crippen LogP contribution in [0.1, 0.15) is 113 Å². The highest BCUT2D eigenvalue weighted by atomic mass is 16.3. The molecular weight excluding hydrogens is 392 g/mol. The van der Waals surface area contributed by atoms with E-state index in [9.17, 15) is 10.2 Å². The Balaban J connectivity index is 1.60. The van der Waals surface area contributed by atoms with Crippen LogP contribution >= 0.6 is 0 Å². The monoisotopic (exact) mass is 442 g/mol. The molecule has 4 fully saturated rings. The van der Waals surface area contributed by atoms with Crippen molar-refractivity contribution in [3.05, 3.63) is 11.6 Å². The average Bonchev–Trinajstić information content (AvgIpc) is 2.68. The van der Waals surface area contributed by atoms with Crippen molar-refractivity contribution >= 4 is 0 Å². The molecule has 0 saturated heterocycles. The zero-order chi connectivity index (χ0) is 23.5. The fraction of sp³-hybridized carbons (Fsp3) is 0.933. The van der Waals surface area contributed by atoms with Crippen molar-refractivity contribution in [1.29, 1.82) is 0 Å². The van der Waals surface area contributed by atoms with Crippen molar-refractivity contribution < 1.29 is 10.2 Å². The lowest BCUT2D eigenvalue weighted by Crippen LogP contribution is -2.66. The minimum absolute atomic E-state index is 0.00271. The lowest BCUT2D eigenvalue weighted by molar-refractivity contribution is -0.213. The van der Waals surface area contributed by atoms with Crippen molar-refractivity contribution in [2.24, 2.45) is 50.2 Å². The number of hydrogen-bond acceptors (Lipinski definition) is 2. The first-order chi connectivity index (χ1) is 14.6. The Morgan fingerprint density at radius 3 is 2.09 bits per heavy atom. The van der Waals surface area contributed by atoms with E-state index >= 15 is 0 Å². The van der Waals surface area contributed by atoms with Crippen LogP contribution in [0.3, 0.4) is 0 Å². The molecule has 0 aromatic rings. The van der Waals surface area contributed by atoms with Crippen LogP contribution in [-0.2, 0) is 0 Å². The second kappa shape index (κ2) is 6.66. The summed E-state index contributed by atoms with van der Waals surface area (Å²) in [4.78, 5) is 0. The summed E-state index contributed by atoms with van der Waals surface area (Å²) >= 11 is 0. The third kappa shape index (κ3) is 2.72. The Morgan fingerprint density at radius 1 is 0.719 bits per heavy atom. The maximum absolute atomic E-state index is 11.7. The molecule has 0 aliphatic heterocycles. The van der Waals surface area contributed by atoms with Gasteiger partial charge in [-0.05, 0) is 103 Å². The quantitative estimate of drug-likeness (QED) is 0.391. The van der Waals surface area contributed by atoms with E-state index in [1.54, 1.807) is 5.57 Å². The van der Waals surface area contributed by atoms with Gasteiger partial charge in [0.15, 0.2) is 0 Å². The van der Waals surface area contributed by atoms with Gasteiger partial charge >= 0.3 is 0 Å². The topological polar surface area (TPSA) is 40.5 Å². The molecule has 182 valence electrons. The SMILES string of the molecule is CC1(C)CC[C@]2(C)[C@@H](O)C[C@]3(C)C(=CCC4[C@@]5(C)CC[C@H](O)C(C)(C)[C@@H]5CC[C@]43C)[C@@H]2C1. The zero-order valence-corrected chi connectivity index (χ0v) is 22.2. The van der Waals surface area contributed by atoms with Gasteiger partial charge in [-0.25, -0.2) is 0 Å². The lowest BCUT2D eigenvalue weighted by Gasteiger charge is -2.72. The van der Waals surface area contributed by atoms with Crippen LogP contribution in [0, 0.1) is 50.2 Å². The summed E-state index contributed by atoms with van der Waals surface area (Å²) in [6, 6.07) is 0. The van der Waals surface area contributed by atoms with Crippen molar-refractivity contribution in [3.8, 4) is 0 Å². The normalized spacial score (nSPS) is 56.2. The van der Waals surface area contributed by atoms with Gasteiger partial charge in [0, 0.05) is 5.41 Å². The Labute approximate surface area is 197 Å². The molecule has 1 unspecified atom stereocenters. The first-order valence-electron chi connectivity index (χ1n) is 13.7. The summed E-state index contributed by atoms with van der Waals surface area (Å²) in [6.45, 7) is 19.7. The van der Waals surface area contributed by atoms with Gasteiger partial charge in [-0.15, -0.1) is 0 Å². The van der Waals surface area contributed by atoms with Crippen molar-refractivity contribution in [2.75, 3.05) is 0 Å². The van der Waals surface area contributed by atoms with Gasteiger partial charge in [0.25, 0.3) is 0 Å². The van der Waals surface area contributed by atoms with E-state index in [4.69, 9.17) is 0 Å². The molecule has 2 heteroatoms. The molecule has 4 saturated carbocycles. The van der Waals surface area contributed by atoms with Crippen LogP contribution in [-0.4, -0.2) is 22.4 Å². The van der Waals surface area contributed by atoms with E-state index in [1.807, 2.05) is 0 Å². The first-order valence-corrected chi connectivity index (χ1v) is 13.7. The van der Waals surface area contributed by atoms with Gasteiger partial charge in [0.05, 0.1) is 12.2 Å². The number of rotatable bonds is 0. The van der Waals surface area contributed by atoms with Gasteiger partial charge < -0.3 is 10.2 Å². The van der Waals surface area contributed by atoms with Crippen molar-refractivity contribution in [3.63, 3.8) is 0 Å². The van der Waals surface area contributed by atoms with Crippen LogP contribution in [0.15, 0.2) is 11.6 Å². The van der Waals surface area contributed by atoms with Gasteiger partial charge in [0.2, 0.25) is 0 Å². The summed E-state index contributed by atoms with van der Waals surface area (Å²) in [6.07, 6.45) is 12.6. The van der Waals surface area contributed by atoms with Gasteiger partial charge in [0.1, 0.15) is 0 Å². The van der Waals surface area contributed by atoms with E-state index in [0.717, 1.165) is 25.7 Å².